The van der Waals surface area contributed by atoms with Crippen molar-refractivity contribution in [2.75, 3.05) is 18.4 Å². The van der Waals surface area contributed by atoms with E-state index in [1.54, 1.807) is 0 Å². The molecule has 2 heterocycles. The van der Waals surface area contributed by atoms with E-state index in [4.69, 9.17) is 4.74 Å². The minimum absolute atomic E-state index is 0.0826. The Labute approximate surface area is 153 Å². The van der Waals surface area contributed by atoms with Gasteiger partial charge >= 0.3 is 0 Å². The van der Waals surface area contributed by atoms with E-state index in [9.17, 15) is 4.79 Å². The molecule has 134 valence electrons. The largest absolute Gasteiger partial charge is 0.489 e. The third-order valence-corrected chi connectivity index (χ3v) is 5.07. The van der Waals surface area contributed by atoms with E-state index in [0.717, 1.165) is 43.1 Å². The number of aromatic nitrogens is 1. The Morgan fingerprint density at radius 1 is 1.36 bits per heavy atom. The zero-order valence-electron chi connectivity index (χ0n) is 15.0. The number of carbonyl (C=O) groups excluding carboxylic acids is 1. The predicted molar refractivity (Wildman–Crippen MR) is 101 cm³/mol. The van der Waals surface area contributed by atoms with Crippen LogP contribution < -0.4 is 10.1 Å². The van der Waals surface area contributed by atoms with Gasteiger partial charge in [-0.15, -0.1) is 11.3 Å². The van der Waals surface area contributed by atoms with Gasteiger partial charge in [-0.2, -0.15) is 0 Å². The lowest BCUT2D eigenvalue weighted by Crippen LogP contribution is -2.40. The van der Waals surface area contributed by atoms with Crippen LogP contribution in [0.2, 0.25) is 0 Å². The summed E-state index contributed by atoms with van der Waals surface area (Å²) in [5.74, 6) is 0.885. The average molecular weight is 359 g/mol. The van der Waals surface area contributed by atoms with Crippen LogP contribution in [0.1, 0.15) is 35.8 Å². The molecule has 0 spiro atoms. The number of hydrogen-bond donors (Lipinski definition) is 1. The number of anilines is 1. The van der Waals surface area contributed by atoms with Gasteiger partial charge in [0.15, 0.2) is 5.13 Å². The predicted octanol–water partition coefficient (Wildman–Crippen LogP) is 3.76. The number of hydrogen-bond acceptors (Lipinski definition) is 5. The van der Waals surface area contributed by atoms with Gasteiger partial charge in [0.05, 0.1) is 0 Å². The molecule has 0 saturated carbocycles. The Morgan fingerprint density at radius 2 is 2.12 bits per heavy atom. The molecule has 0 aliphatic carbocycles. The summed E-state index contributed by atoms with van der Waals surface area (Å²) < 4.78 is 6.23. The molecule has 3 rings (SSSR count). The fourth-order valence-corrected chi connectivity index (χ4v) is 4.16. The summed E-state index contributed by atoms with van der Waals surface area (Å²) >= 11 is 1.54. The summed E-state index contributed by atoms with van der Waals surface area (Å²) in [7, 11) is 0. The summed E-state index contributed by atoms with van der Waals surface area (Å²) in [6.45, 7) is 8.54. The van der Waals surface area contributed by atoms with E-state index in [1.807, 2.05) is 6.20 Å². The smallest absolute Gasteiger partial charge is 0.223 e. The molecule has 1 aliphatic rings. The van der Waals surface area contributed by atoms with Gasteiger partial charge in [0.2, 0.25) is 5.91 Å². The first kappa shape index (κ1) is 17.9. The van der Waals surface area contributed by atoms with Gasteiger partial charge in [-0.25, -0.2) is 4.98 Å². The van der Waals surface area contributed by atoms with Crippen molar-refractivity contribution in [2.45, 2.75) is 46.3 Å². The number of rotatable bonds is 5. The number of carbonyl (C=O) groups is 1. The molecule has 0 radical (unpaired) electrons. The number of thiazole rings is 1. The molecule has 25 heavy (non-hydrogen) atoms. The van der Waals surface area contributed by atoms with Crippen LogP contribution >= 0.6 is 11.3 Å². The zero-order valence-corrected chi connectivity index (χ0v) is 15.9. The fourth-order valence-electron chi connectivity index (χ4n) is 3.26. The van der Waals surface area contributed by atoms with Crippen molar-refractivity contribution in [3.63, 3.8) is 0 Å². The van der Waals surface area contributed by atoms with Crippen molar-refractivity contribution in [1.29, 1.82) is 0 Å². The van der Waals surface area contributed by atoms with E-state index < -0.39 is 0 Å². The highest BCUT2D eigenvalue weighted by Gasteiger charge is 2.22. The van der Waals surface area contributed by atoms with E-state index in [1.165, 1.54) is 29.4 Å². The van der Waals surface area contributed by atoms with Crippen LogP contribution in [0, 0.1) is 13.8 Å². The van der Waals surface area contributed by atoms with Gasteiger partial charge in [0.25, 0.3) is 0 Å². The second-order valence-corrected chi connectivity index (χ2v) is 7.87. The van der Waals surface area contributed by atoms with Gasteiger partial charge in [0.1, 0.15) is 11.9 Å². The Hall–Kier alpha value is -1.92. The number of piperidine rings is 1. The first-order valence-corrected chi connectivity index (χ1v) is 9.49. The van der Waals surface area contributed by atoms with Crippen molar-refractivity contribution in [3.05, 3.63) is 40.4 Å². The lowest BCUT2D eigenvalue weighted by molar-refractivity contribution is -0.114. The standard InChI is InChI=1S/C19H25N3O2S/c1-13-7-14(2)9-17(8-13)24-16-5-4-6-22(11-16)12-18-10-20-19(25-18)21-15(3)23/h7-10,16H,4-6,11-12H2,1-3H3,(H,20,21,23). The Bertz CT molecular complexity index is 724. The highest BCUT2D eigenvalue weighted by molar-refractivity contribution is 7.15. The second kappa shape index (κ2) is 7.97. The third kappa shape index (κ3) is 5.28. The molecule has 6 heteroatoms. The highest BCUT2D eigenvalue weighted by Crippen LogP contribution is 2.24. The number of likely N-dealkylation sites (tertiary alicyclic amines) is 1. The Kier molecular flexibility index (Phi) is 5.71. The summed E-state index contributed by atoms with van der Waals surface area (Å²) in [4.78, 5) is 18.9. The van der Waals surface area contributed by atoms with Gasteiger partial charge in [-0.1, -0.05) is 6.07 Å². The van der Waals surface area contributed by atoms with Crippen molar-refractivity contribution in [2.24, 2.45) is 0 Å². The Morgan fingerprint density at radius 3 is 2.84 bits per heavy atom. The van der Waals surface area contributed by atoms with Crippen LogP contribution in [0.4, 0.5) is 5.13 Å². The molecular formula is C19H25N3O2S. The van der Waals surface area contributed by atoms with Gasteiger partial charge in [-0.3, -0.25) is 9.69 Å². The van der Waals surface area contributed by atoms with Crippen LogP contribution in [-0.2, 0) is 11.3 Å². The molecule has 1 unspecified atom stereocenters. The SMILES string of the molecule is CC(=O)Nc1ncc(CN2CCCC(Oc3cc(C)cc(C)c3)C2)s1. The molecule has 1 aromatic heterocycles. The molecule has 1 atom stereocenters. The monoisotopic (exact) mass is 359 g/mol. The van der Waals surface area contributed by atoms with Gasteiger partial charge in [-0.05, 0) is 56.5 Å². The average Bonchev–Trinajstić information content (AvgIpc) is 2.92. The molecule has 5 nitrogen and oxygen atoms in total. The van der Waals surface area contributed by atoms with Crippen molar-refractivity contribution in [3.8, 4) is 5.75 Å². The minimum atomic E-state index is -0.0826. The fraction of sp³-hybridized carbons (Fsp3) is 0.474. The molecular weight excluding hydrogens is 334 g/mol. The van der Waals surface area contributed by atoms with Crippen molar-refractivity contribution < 1.29 is 9.53 Å². The summed E-state index contributed by atoms with van der Waals surface area (Å²) in [5.41, 5.74) is 2.47. The normalized spacial score (nSPS) is 18.1. The number of aryl methyl sites for hydroxylation is 2. The maximum Gasteiger partial charge on any atom is 0.223 e. The van der Waals surface area contributed by atoms with E-state index in [0.29, 0.717) is 5.13 Å². The topological polar surface area (TPSA) is 54.5 Å². The molecule has 1 aromatic carbocycles. The minimum Gasteiger partial charge on any atom is -0.489 e. The highest BCUT2D eigenvalue weighted by atomic mass is 32.1. The third-order valence-electron chi connectivity index (χ3n) is 4.18. The maximum absolute atomic E-state index is 11.1. The molecule has 1 fully saturated rings. The number of nitrogens with zero attached hydrogens (tertiary/aromatic N) is 2. The number of benzene rings is 1. The van der Waals surface area contributed by atoms with E-state index >= 15 is 0 Å². The summed E-state index contributed by atoms with van der Waals surface area (Å²) in [6, 6.07) is 6.38. The number of amides is 1. The number of nitrogens with one attached hydrogen (secondary N) is 1. The van der Waals surface area contributed by atoms with Crippen LogP contribution in [0.25, 0.3) is 0 Å². The summed E-state index contributed by atoms with van der Waals surface area (Å²) in [5, 5.41) is 3.41. The van der Waals surface area contributed by atoms with Crippen LogP contribution in [-0.4, -0.2) is 35.0 Å². The molecule has 1 aliphatic heterocycles. The first-order valence-electron chi connectivity index (χ1n) is 8.67. The zero-order chi connectivity index (χ0) is 17.8. The number of ether oxygens (including phenoxy) is 1. The van der Waals surface area contributed by atoms with Crippen molar-refractivity contribution in [1.82, 2.24) is 9.88 Å². The quantitative estimate of drug-likeness (QED) is 0.883. The summed E-state index contributed by atoms with van der Waals surface area (Å²) in [6.07, 6.45) is 4.29. The van der Waals surface area contributed by atoms with Crippen LogP contribution in [0.5, 0.6) is 5.75 Å². The van der Waals surface area contributed by atoms with E-state index in [-0.39, 0.29) is 12.0 Å². The molecule has 2 aromatic rings. The molecule has 1 saturated heterocycles. The van der Waals surface area contributed by atoms with Crippen LogP contribution in [0.15, 0.2) is 24.4 Å². The maximum atomic E-state index is 11.1. The van der Waals surface area contributed by atoms with E-state index in [2.05, 4.69) is 47.2 Å². The molecule has 1 amide bonds. The van der Waals surface area contributed by atoms with Gasteiger partial charge < -0.3 is 10.1 Å². The van der Waals surface area contributed by atoms with Gasteiger partial charge in [0, 0.05) is 31.1 Å². The van der Waals surface area contributed by atoms with Crippen molar-refractivity contribution >= 4 is 22.4 Å². The van der Waals surface area contributed by atoms with Crippen LogP contribution in [0.3, 0.4) is 0 Å². The lowest BCUT2D eigenvalue weighted by Gasteiger charge is -2.32. The lowest BCUT2D eigenvalue weighted by atomic mass is 10.1. The molecule has 0 bridgehead atoms. The Balaban J connectivity index is 1.57. The second-order valence-electron chi connectivity index (χ2n) is 6.75. The first-order chi connectivity index (χ1) is 12.0. The molecule has 1 N–H and O–H groups in total.